The Labute approximate surface area is 199 Å². The average molecular weight is 455 g/mol. The summed E-state index contributed by atoms with van der Waals surface area (Å²) in [4.78, 5) is 33.2. The molecular weight excluding hydrogens is 424 g/mol. The summed E-state index contributed by atoms with van der Waals surface area (Å²) in [6, 6.07) is 27.9. The molecule has 0 aliphatic carbocycles. The second-order valence-corrected chi connectivity index (χ2v) is 8.87. The fraction of sp³-hybridized carbons (Fsp3) is 0.286. The number of aryl methyl sites for hydroxylation is 1. The van der Waals surface area contributed by atoms with Crippen LogP contribution in [0.3, 0.4) is 0 Å². The number of nitrogens with zero attached hydrogens (tertiary/aromatic N) is 3. The molecule has 1 fully saturated rings. The molecule has 174 valence electrons. The highest BCUT2D eigenvalue weighted by atomic mass is 16.2. The number of carbonyl (C=O) groups is 1. The van der Waals surface area contributed by atoms with Gasteiger partial charge in [0, 0.05) is 32.7 Å². The number of imidazole rings is 1. The Kier molecular flexibility index (Phi) is 6.58. The monoisotopic (exact) mass is 454 g/mol. The minimum atomic E-state index is -0.275. The third kappa shape index (κ3) is 4.68. The highest BCUT2D eigenvalue weighted by Gasteiger charge is 2.29. The van der Waals surface area contributed by atoms with Crippen molar-refractivity contribution in [3.8, 4) is 0 Å². The quantitative estimate of drug-likeness (QED) is 0.463. The molecule has 1 aliphatic rings. The topological polar surface area (TPSA) is 61.3 Å². The van der Waals surface area contributed by atoms with Crippen LogP contribution in [0.2, 0.25) is 0 Å². The second-order valence-electron chi connectivity index (χ2n) is 8.87. The third-order valence-electron chi connectivity index (χ3n) is 6.73. The van der Waals surface area contributed by atoms with Crippen LogP contribution in [0.5, 0.6) is 0 Å². The van der Waals surface area contributed by atoms with Gasteiger partial charge in [0.2, 0.25) is 5.91 Å². The van der Waals surface area contributed by atoms with Crippen molar-refractivity contribution in [1.29, 1.82) is 0 Å². The van der Waals surface area contributed by atoms with Crippen LogP contribution in [0.25, 0.3) is 11.0 Å². The van der Waals surface area contributed by atoms with Gasteiger partial charge in [-0.25, -0.2) is 4.79 Å². The maximum atomic E-state index is 13.6. The number of nitrogens with one attached hydrogen (secondary N) is 1. The van der Waals surface area contributed by atoms with Crippen molar-refractivity contribution >= 4 is 16.9 Å². The van der Waals surface area contributed by atoms with E-state index in [2.05, 4.69) is 9.88 Å². The van der Waals surface area contributed by atoms with E-state index in [1.165, 1.54) is 0 Å². The molecule has 2 heterocycles. The Hall–Kier alpha value is -3.64. The minimum absolute atomic E-state index is 0.0514. The van der Waals surface area contributed by atoms with E-state index in [1.807, 2.05) is 94.4 Å². The predicted molar refractivity (Wildman–Crippen MR) is 135 cm³/mol. The van der Waals surface area contributed by atoms with E-state index in [0.29, 0.717) is 6.54 Å². The molecule has 1 aliphatic heterocycles. The molecular formula is C28H30N4O2. The predicted octanol–water partition coefficient (Wildman–Crippen LogP) is 3.70. The minimum Gasteiger partial charge on any atom is -0.339 e. The summed E-state index contributed by atoms with van der Waals surface area (Å²) in [5.41, 5.74) is 3.85. The van der Waals surface area contributed by atoms with Crippen LogP contribution in [0.4, 0.5) is 0 Å². The zero-order valence-corrected chi connectivity index (χ0v) is 19.3. The molecule has 1 aromatic heterocycles. The molecule has 1 N–H and O–H groups in total. The average Bonchev–Trinajstić information content (AvgIpc) is 3.21. The lowest BCUT2D eigenvalue weighted by Crippen LogP contribution is -2.50. The van der Waals surface area contributed by atoms with Crippen LogP contribution in [0.15, 0.2) is 89.7 Å². The number of fused-ring (bicyclic) bond motifs is 1. The summed E-state index contributed by atoms with van der Waals surface area (Å²) in [6.45, 7) is 4.75. The van der Waals surface area contributed by atoms with E-state index in [1.54, 1.807) is 0 Å². The van der Waals surface area contributed by atoms with Gasteiger partial charge in [0.05, 0.1) is 17.0 Å². The third-order valence-corrected chi connectivity index (χ3v) is 6.73. The summed E-state index contributed by atoms with van der Waals surface area (Å²) in [6.07, 6.45) is 0.895. The van der Waals surface area contributed by atoms with E-state index < -0.39 is 0 Å². The lowest BCUT2D eigenvalue weighted by Gasteiger charge is -2.36. The van der Waals surface area contributed by atoms with Crippen LogP contribution in [0.1, 0.15) is 23.5 Å². The number of para-hydroxylation sites is 2. The number of aromatic amines is 1. The van der Waals surface area contributed by atoms with Crippen molar-refractivity contribution in [2.45, 2.75) is 18.9 Å². The van der Waals surface area contributed by atoms with Gasteiger partial charge in [0.25, 0.3) is 0 Å². The zero-order valence-electron chi connectivity index (χ0n) is 19.3. The Morgan fingerprint density at radius 2 is 1.35 bits per heavy atom. The molecule has 0 spiro atoms. The number of hydrogen-bond donors (Lipinski definition) is 1. The summed E-state index contributed by atoms with van der Waals surface area (Å²) in [5, 5.41) is 0. The number of amides is 1. The normalized spacial score (nSPS) is 14.7. The largest absolute Gasteiger partial charge is 0.339 e. The highest BCUT2D eigenvalue weighted by Crippen LogP contribution is 2.27. The Bertz CT molecular complexity index is 1250. The van der Waals surface area contributed by atoms with Gasteiger partial charge < -0.3 is 9.88 Å². The summed E-state index contributed by atoms with van der Waals surface area (Å²) in [7, 11) is 0. The molecule has 6 nitrogen and oxygen atoms in total. The summed E-state index contributed by atoms with van der Waals surface area (Å²) < 4.78 is 1.82. The fourth-order valence-electron chi connectivity index (χ4n) is 4.92. The van der Waals surface area contributed by atoms with Gasteiger partial charge in [-0.3, -0.25) is 14.3 Å². The number of rotatable bonds is 7. The maximum absolute atomic E-state index is 13.6. The standard InChI is InChI=1S/C28H30N4O2/c33-27(26(22-10-3-1-4-11-22)23-12-5-2-6-13-23)31-20-18-30(19-21-31)16-9-17-32-25-15-8-7-14-24(25)29-28(32)34/h1-8,10-15,26H,9,16-21H2,(H,29,34). The van der Waals surface area contributed by atoms with Crippen molar-refractivity contribution in [2.24, 2.45) is 0 Å². The van der Waals surface area contributed by atoms with Crippen LogP contribution >= 0.6 is 0 Å². The van der Waals surface area contributed by atoms with Gasteiger partial charge in [0.1, 0.15) is 0 Å². The van der Waals surface area contributed by atoms with Crippen LogP contribution in [-0.2, 0) is 11.3 Å². The molecule has 34 heavy (non-hydrogen) atoms. The van der Waals surface area contributed by atoms with Crippen molar-refractivity contribution in [3.05, 3.63) is 107 Å². The Balaban J connectivity index is 1.19. The smallest absolute Gasteiger partial charge is 0.326 e. The molecule has 0 bridgehead atoms. The van der Waals surface area contributed by atoms with E-state index in [4.69, 9.17) is 0 Å². The number of piperazine rings is 1. The number of carbonyl (C=O) groups excluding carboxylic acids is 1. The molecule has 1 amide bonds. The Morgan fingerprint density at radius 3 is 2.00 bits per heavy atom. The first kappa shape index (κ1) is 22.2. The number of benzene rings is 3. The Morgan fingerprint density at radius 1 is 0.765 bits per heavy atom. The number of hydrogen-bond acceptors (Lipinski definition) is 3. The summed E-state index contributed by atoms with van der Waals surface area (Å²) >= 11 is 0. The lowest BCUT2D eigenvalue weighted by molar-refractivity contribution is -0.133. The second kappa shape index (κ2) is 10.1. The molecule has 0 unspecified atom stereocenters. The SMILES string of the molecule is O=C(C(c1ccccc1)c1ccccc1)N1CCN(CCCn2c(=O)[nH]c3ccccc32)CC1. The van der Waals surface area contributed by atoms with Gasteiger partial charge in [-0.2, -0.15) is 0 Å². The number of H-pyrrole nitrogens is 1. The van der Waals surface area contributed by atoms with Gasteiger partial charge in [-0.05, 0) is 36.2 Å². The van der Waals surface area contributed by atoms with Crippen LogP contribution in [0, 0.1) is 0 Å². The molecule has 4 aromatic rings. The first-order valence-corrected chi connectivity index (χ1v) is 12.0. The first-order valence-electron chi connectivity index (χ1n) is 12.0. The van der Waals surface area contributed by atoms with Gasteiger partial charge in [-0.1, -0.05) is 72.8 Å². The zero-order chi connectivity index (χ0) is 23.3. The van der Waals surface area contributed by atoms with Crippen molar-refractivity contribution in [1.82, 2.24) is 19.4 Å². The molecule has 0 radical (unpaired) electrons. The van der Waals surface area contributed by atoms with Gasteiger partial charge in [0.15, 0.2) is 0 Å². The van der Waals surface area contributed by atoms with Crippen molar-refractivity contribution in [2.75, 3.05) is 32.7 Å². The van der Waals surface area contributed by atoms with E-state index in [-0.39, 0.29) is 17.5 Å². The molecule has 0 saturated carbocycles. The van der Waals surface area contributed by atoms with E-state index >= 15 is 0 Å². The van der Waals surface area contributed by atoms with Gasteiger partial charge >= 0.3 is 5.69 Å². The molecule has 1 saturated heterocycles. The van der Waals surface area contributed by atoms with Crippen LogP contribution < -0.4 is 5.69 Å². The van der Waals surface area contributed by atoms with Crippen molar-refractivity contribution < 1.29 is 4.79 Å². The van der Waals surface area contributed by atoms with Gasteiger partial charge in [-0.15, -0.1) is 0 Å². The lowest BCUT2D eigenvalue weighted by atomic mass is 9.90. The molecule has 3 aromatic carbocycles. The molecule has 5 rings (SSSR count). The van der Waals surface area contributed by atoms with Crippen molar-refractivity contribution in [3.63, 3.8) is 0 Å². The van der Waals surface area contributed by atoms with Crippen LogP contribution in [-0.4, -0.2) is 58.0 Å². The van der Waals surface area contributed by atoms with E-state index in [0.717, 1.165) is 61.3 Å². The molecule has 6 heteroatoms. The summed E-state index contributed by atoms with van der Waals surface area (Å²) in [5.74, 6) is -0.106. The first-order chi connectivity index (χ1) is 16.7. The number of aromatic nitrogens is 2. The molecule has 0 atom stereocenters. The maximum Gasteiger partial charge on any atom is 0.326 e. The highest BCUT2D eigenvalue weighted by molar-refractivity contribution is 5.87. The van der Waals surface area contributed by atoms with E-state index in [9.17, 15) is 9.59 Å². The fourth-order valence-corrected chi connectivity index (χ4v) is 4.92.